The summed E-state index contributed by atoms with van der Waals surface area (Å²) in [5, 5.41) is 0. The fraction of sp³-hybridized carbons (Fsp3) is 0.455. The van der Waals surface area contributed by atoms with E-state index in [1.54, 1.807) is 0 Å². The van der Waals surface area contributed by atoms with E-state index in [0.29, 0.717) is 0 Å². The van der Waals surface area contributed by atoms with Crippen LogP contribution in [0.4, 0.5) is 0 Å². The highest BCUT2D eigenvalue weighted by molar-refractivity contribution is 5.60. The Balaban J connectivity index is 3.43. The normalized spacial score (nSPS) is 16.7. The van der Waals surface area contributed by atoms with E-state index in [0.717, 1.165) is 37.7 Å². The lowest BCUT2D eigenvalue weighted by Crippen LogP contribution is -2.05. The molecular weight excluding hydrogens is 264 g/mol. The Kier molecular flexibility index (Phi) is 7.38. The van der Waals surface area contributed by atoms with E-state index >= 15 is 0 Å². The minimum Gasteiger partial charge on any atom is -0.0961 e. The van der Waals surface area contributed by atoms with E-state index in [-0.39, 0.29) is 0 Å². The van der Waals surface area contributed by atoms with Crippen LogP contribution in [0.1, 0.15) is 66.7 Å². The molecule has 0 unspecified atom stereocenters. The fourth-order valence-corrected chi connectivity index (χ4v) is 2.97. The van der Waals surface area contributed by atoms with Crippen LogP contribution in [-0.4, -0.2) is 0 Å². The molecule has 0 radical (unpaired) electrons. The van der Waals surface area contributed by atoms with Gasteiger partial charge in [-0.2, -0.15) is 0 Å². The van der Waals surface area contributed by atoms with E-state index in [2.05, 4.69) is 66.0 Å². The molecule has 22 heavy (non-hydrogen) atoms. The predicted molar refractivity (Wildman–Crippen MR) is 101 cm³/mol. The maximum Gasteiger partial charge on any atom is -0.0129 e. The molecule has 0 bridgehead atoms. The number of rotatable bonds is 7. The van der Waals surface area contributed by atoms with Crippen molar-refractivity contribution < 1.29 is 0 Å². The maximum atomic E-state index is 4.26. The van der Waals surface area contributed by atoms with E-state index in [4.69, 9.17) is 0 Å². The first-order valence-electron chi connectivity index (χ1n) is 8.53. The third-order valence-corrected chi connectivity index (χ3v) is 4.06. The van der Waals surface area contributed by atoms with Crippen LogP contribution < -0.4 is 0 Å². The molecule has 0 aromatic carbocycles. The summed E-state index contributed by atoms with van der Waals surface area (Å²) in [6.45, 7) is 19.2. The molecule has 0 fully saturated rings. The second-order valence-electron chi connectivity index (χ2n) is 6.44. The Bertz CT molecular complexity index is 559. The van der Waals surface area contributed by atoms with Gasteiger partial charge in [-0.25, -0.2) is 0 Å². The van der Waals surface area contributed by atoms with Crippen molar-refractivity contribution in [2.45, 2.75) is 66.7 Å². The zero-order valence-corrected chi connectivity index (χ0v) is 15.2. The molecule has 0 spiro atoms. The van der Waals surface area contributed by atoms with Crippen molar-refractivity contribution in [3.05, 3.63) is 70.4 Å². The molecule has 1 aliphatic rings. The van der Waals surface area contributed by atoms with Crippen LogP contribution in [-0.2, 0) is 0 Å². The van der Waals surface area contributed by atoms with Gasteiger partial charge in [-0.05, 0) is 68.7 Å². The summed E-state index contributed by atoms with van der Waals surface area (Å²) >= 11 is 0. The van der Waals surface area contributed by atoms with Crippen molar-refractivity contribution in [3.63, 3.8) is 0 Å². The molecule has 0 heterocycles. The van der Waals surface area contributed by atoms with Crippen LogP contribution in [0.2, 0.25) is 0 Å². The first-order valence-corrected chi connectivity index (χ1v) is 8.53. The van der Waals surface area contributed by atoms with Crippen molar-refractivity contribution >= 4 is 0 Å². The molecule has 0 amide bonds. The summed E-state index contributed by atoms with van der Waals surface area (Å²) in [6, 6.07) is 0. The standard InChI is InChI=1S/C22H32/c1-8-11-19(14-16(3)4)21-13-10-12-20(15-18(7)9-2)22(21)17(5)6/h12,14-15H,3,5,8-11,13H2,1-2,4,6-7H3/b18-15+,19-14+. The summed E-state index contributed by atoms with van der Waals surface area (Å²) in [5.74, 6) is 0. The minimum atomic E-state index is 1.10. The Morgan fingerprint density at radius 3 is 2.36 bits per heavy atom. The van der Waals surface area contributed by atoms with E-state index in [1.165, 1.54) is 33.4 Å². The molecule has 1 aliphatic carbocycles. The highest BCUT2D eigenvalue weighted by Gasteiger charge is 2.18. The van der Waals surface area contributed by atoms with Crippen molar-refractivity contribution in [1.82, 2.24) is 0 Å². The van der Waals surface area contributed by atoms with Gasteiger partial charge >= 0.3 is 0 Å². The number of hydrogen-bond donors (Lipinski definition) is 0. The van der Waals surface area contributed by atoms with Crippen LogP contribution in [0.25, 0.3) is 0 Å². The highest BCUT2D eigenvalue weighted by Crippen LogP contribution is 2.37. The molecule has 0 aromatic heterocycles. The van der Waals surface area contributed by atoms with Gasteiger partial charge in [0.1, 0.15) is 0 Å². The molecule has 0 heteroatoms. The Morgan fingerprint density at radius 2 is 1.86 bits per heavy atom. The van der Waals surface area contributed by atoms with Gasteiger partial charge in [0.25, 0.3) is 0 Å². The topological polar surface area (TPSA) is 0 Å². The van der Waals surface area contributed by atoms with Gasteiger partial charge in [0.15, 0.2) is 0 Å². The van der Waals surface area contributed by atoms with Crippen LogP contribution in [0.5, 0.6) is 0 Å². The maximum absolute atomic E-state index is 4.26. The van der Waals surface area contributed by atoms with Crippen molar-refractivity contribution in [1.29, 1.82) is 0 Å². The van der Waals surface area contributed by atoms with Crippen molar-refractivity contribution in [2.75, 3.05) is 0 Å². The zero-order valence-electron chi connectivity index (χ0n) is 15.2. The Hall–Kier alpha value is -1.56. The highest BCUT2D eigenvalue weighted by atomic mass is 14.2. The molecule has 0 aliphatic heterocycles. The third-order valence-electron chi connectivity index (χ3n) is 4.06. The largest absolute Gasteiger partial charge is 0.0961 e. The lowest BCUT2D eigenvalue weighted by Gasteiger charge is -2.24. The molecule has 0 saturated heterocycles. The second-order valence-corrected chi connectivity index (χ2v) is 6.44. The smallest absolute Gasteiger partial charge is 0.0129 e. The van der Waals surface area contributed by atoms with Gasteiger partial charge in [0.05, 0.1) is 0 Å². The lowest BCUT2D eigenvalue weighted by molar-refractivity contribution is 0.856. The average molecular weight is 296 g/mol. The average Bonchev–Trinajstić information content (AvgIpc) is 2.45. The van der Waals surface area contributed by atoms with Crippen LogP contribution in [0.15, 0.2) is 70.4 Å². The van der Waals surface area contributed by atoms with Crippen LogP contribution in [0, 0.1) is 0 Å². The first-order chi connectivity index (χ1) is 10.4. The molecule has 0 saturated carbocycles. The summed E-state index contributed by atoms with van der Waals surface area (Å²) in [6.07, 6.45) is 12.6. The van der Waals surface area contributed by atoms with Gasteiger partial charge in [0, 0.05) is 0 Å². The van der Waals surface area contributed by atoms with E-state index < -0.39 is 0 Å². The molecule has 0 atom stereocenters. The summed E-state index contributed by atoms with van der Waals surface area (Å²) in [5.41, 5.74) is 9.37. The third kappa shape index (κ3) is 5.02. The Labute approximate surface area is 137 Å². The van der Waals surface area contributed by atoms with Gasteiger partial charge in [-0.3, -0.25) is 0 Å². The molecule has 0 nitrogen and oxygen atoms in total. The van der Waals surface area contributed by atoms with Gasteiger partial charge in [-0.15, -0.1) is 0 Å². The monoisotopic (exact) mass is 296 g/mol. The van der Waals surface area contributed by atoms with Crippen molar-refractivity contribution in [3.8, 4) is 0 Å². The lowest BCUT2D eigenvalue weighted by atomic mass is 9.81. The minimum absolute atomic E-state index is 1.10. The van der Waals surface area contributed by atoms with Crippen LogP contribution >= 0.6 is 0 Å². The molecule has 120 valence electrons. The molecule has 1 rings (SSSR count). The quantitative estimate of drug-likeness (QED) is 0.434. The van der Waals surface area contributed by atoms with E-state index in [1.807, 2.05) is 0 Å². The fourth-order valence-electron chi connectivity index (χ4n) is 2.97. The summed E-state index contributed by atoms with van der Waals surface area (Å²) in [4.78, 5) is 0. The molecule has 0 aromatic rings. The van der Waals surface area contributed by atoms with Gasteiger partial charge < -0.3 is 0 Å². The zero-order chi connectivity index (χ0) is 16.7. The first kappa shape index (κ1) is 18.5. The Morgan fingerprint density at radius 1 is 1.18 bits per heavy atom. The SMILES string of the molecule is C=C(C)/C=C(\CCC)C1=C(C(=C)C)C(/C=C(\C)CC)=CCC1. The van der Waals surface area contributed by atoms with Gasteiger partial charge in [-0.1, -0.05) is 68.4 Å². The number of hydrogen-bond acceptors (Lipinski definition) is 0. The number of allylic oxidation sites excluding steroid dienone is 10. The summed E-state index contributed by atoms with van der Waals surface area (Å²) in [7, 11) is 0. The van der Waals surface area contributed by atoms with Gasteiger partial charge in [0.2, 0.25) is 0 Å². The molecule has 0 N–H and O–H groups in total. The predicted octanol–water partition coefficient (Wildman–Crippen LogP) is 7.24. The molecular formula is C22H32. The van der Waals surface area contributed by atoms with Crippen LogP contribution in [0.3, 0.4) is 0 Å². The summed E-state index contributed by atoms with van der Waals surface area (Å²) < 4.78 is 0. The van der Waals surface area contributed by atoms with Crippen molar-refractivity contribution in [2.24, 2.45) is 0 Å². The second kappa shape index (κ2) is 8.78. The van der Waals surface area contributed by atoms with E-state index in [9.17, 15) is 0 Å².